The Morgan fingerprint density at radius 2 is 1.55 bits per heavy atom. The first-order valence-electron chi connectivity index (χ1n) is 6.36. The molecular formula is C16H17INO2-. The molecule has 0 spiro atoms. The van der Waals surface area contributed by atoms with E-state index in [2.05, 4.69) is 32.9 Å². The molecular weight excluding hydrogens is 365 g/mol. The van der Waals surface area contributed by atoms with Crippen LogP contribution in [0.25, 0.3) is 0 Å². The number of rotatable bonds is 3. The van der Waals surface area contributed by atoms with Gasteiger partial charge in [0.15, 0.2) is 0 Å². The van der Waals surface area contributed by atoms with Crippen LogP contribution < -0.4 is 21.2 Å². The van der Waals surface area contributed by atoms with Gasteiger partial charge in [-0.3, -0.25) is 0 Å². The van der Waals surface area contributed by atoms with Gasteiger partial charge in [0, 0.05) is 0 Å². The van der Waals surface area contributed by atoms with Crippen molar-refractivity contribution in [3.05, 3.63) is 69.8 Å². The number of halogens is 1. The molecule has 0 unspecified atom stereocenters. The summed E-state index contributed by atoms with van der Waals surface area (Å²) in [4.78, 5) is 10.7. The molecule has 0 amide bonds. The van der Waals surface area contributed by atoms with Gasteiger partial charge in [-0.05, 0) is 0 Å². The zero-order valence-corrected chi connectivity index (χ0v) is 14.2. The first kappa shape index (κ1) is 15.0. The fourth-order valence-electron chi connectivity index (χ4n) is 2.26. The summed E-state index contributed by atoms with van der Waals surface area (Å²) in [6.45, 7) is 8.12. The van der Waals surface area contributed by atoms with Gasteiger partial charge in [0.2, 0.25) is 0 Å². The van der Waals surface area contributed by atoms with Gasteiger partial charge in [0.1, 0.15) is 0 Å². The molecule has 2 rings (SSSR count). The number of hydrogen-bond acceptors (Lipinski definition) is 2. The van der Waals surface area contributed by atoms with Crippen LogP contribution in [0.1, 0.15) is 22.3 Å². The Balaban J connectivity index is 2.41. The van der Waals surface area contributed by atoms with Crippen LogP contribution in [-0.4, -0.2) is 4.92 Å². The molecule has 0 radical (unpaired) electrons. The quantitative estimate of drug-likeness (QED) is 0.451. The Kier molecular flexibility index (Phi) is 4.42. The second-order valence-electron chi connectivity index (χ2n) is 5.00. The van der Waals surface area contributed by atoms with Gasteiger partial charge >= 0.3 is 129 Å². The molecule has 0 heterocycles. The third kappa shape index (κ3) is 3.17. The molecule has 106 valence electrons. The van der Waals surface area contributed by atoms with Crippen molar-refractivity contribution in [2.75, 3.05) is 0 Å². The summed E-state index contributed by atoms with van der Waals surface area (Å²) in [5.41, 5.74) is 4.80. The second-order valence-corrected chi connectivity index (χ2v) is 7.86. The maximum absolute atomic E-state index is 11.0. The molecule has 0 bridgehead atoms. The molecule has 0 fully saturated rings. The van der Waals surface area contributed by atoms with Gasteiger partial charge in [-0.2, -0.15) is 0 Å². The molecule has 2 aromatic rings. The van der Waals surface area contributed by atoms with Gasteiger partial charge < -0.3 is 0 Å². The fourth-order valence-corrected chi connectivity index (χ4v) is 4.85. The molecule has 4 heteroatoms. The van der Waals surface area contributed by atoms with Crippen LogP contribution in [0, 0.1) is 44.9 Å². The fraction of sp³-hybridized carbons (Fsp3) is 0.250. The van der Waals surface area contributed by atoms with E-state index >= 15 is 0 Å². The SMILES string of the molecule is Cc1cc(C)c([I-]c2ccc(C)c([N+](=O)[O-])c2)c(C)c1. The Labute approximate surface area is 129 Å². The standard InChI is InChI=1S/C16H17INO2/c1-10-7-12(3)16(13(4)8-10)17-14-6-5-11(2)15(9-14)18(19)20/h5-9H,1-4H3/q-1. The molecule has 20 heavy (non-hydrogen) atoms. The first-order valence-corrected chi connectivity index (χ1v) is 8.52. The van der Waals surface area contributed by atoms with Gasteiger partial charge in [0.25, 0.3) is 0 Å². The minimum absolute atomic E-state index is 0.226. The Hall–Kier alpha value is -1.43. The van der Waals surface area contributed by atoms with E-state index in [0.29, 0.717) is 0 Å². The summed E-state index contributed by atoms with van der Waals surface area (Å²) in [7, 11) is 0. The number of nitrogens with zero attached hydrogens (tertiary/aromatic N) is 1. The molecule has 0 atom stereocenters. The van der Waals surface area contributed by atoms with Crippen LogP contribution in [-0.2, 0) is 0 Å². The average molecular weight is 382 g/mol. The zero-order valence-electron chi connectivity index (χ0n) is 12.0. The molecule has 0 saturated heterocycles. The number of nitro benzene ring substituents is 1. The van der Waals surface area contributed by atoms with E-state index in [0.717, 1.165) is 9.13 Å². The van der Waals surface area contributed by atoms with Gasteiger partial charge in [-0.25, -0.2) is 0 Å². The summed E-state index contributed by atoms with van der Waals surface area (Å²) in [5.74, 6) is 0. The van der Waals surface area contributed by atoms with Crippen molar-refractivity contribution >= 4 is 5.69 Å². The van der Waals surface area contributed by atoms with Crippen molar-refractivity contribution in [1.82, 2.24) is 0 Å². The molecule has 0 saturated carbocycles. The summed E-state index contributed by atoms with van der Waals surface area (Å²) in [5, 5.41) is 11.0. The van der Waals surface area contributed by atoms with Crippen LogP contribution in [0.2, 0.25) is 0 Å². The number of hydrogen-bond donors (Lipinski definition) is 0. The molecule has 0 aliphatic rings. The third-order valence-corrected chi connectivity index (χ3v) is 6.69. The Bertz CT molecular complexity index is 657. The predicted octanol–water partition coefficient (Wildman–Crippen LogP) is 0.957. The molecule has 3 nitrogen and oxygen atoms in total. The normalized spacial score (nSPS) is 10.8. The van der Waals surface area contributed by atoms with Crippen molar-refractivity contribution < 1.29 is 26.1 Å². The summed E-state index contributed by atoms with van der Waals surface area (Å²) in [6.07, 6.45) is 0. The van der Waals surface area contributed by atoms with Crippen LogP contribution in [0.15, 0.2) is 30.3 Å². The van der Waals surface area contributed by atoms with E-state index in [9.17, 15) is 10.1 Å². The number of nitro groups is 1. The van der Waals surface area contributed by atoms with Crippen molar-refractivity contribution in [2.24, 2.45) is 0 Å². The number of aryl methyl sites for hydroxylation is 4. The van der Waals surface area contributed by atoms with Crippen LogP contribution in [0.3, 0.4) is 0 Å². The van der Waals surface area contributed by atoms with Gasteiger partial charge in [-0.15, -0.1) is 0 Å². The van der Waals surface area contributed by atoms with E-state index in [-0.39, 0.29) is 31.8 Å². The van der Waals surface area contributed by atoms with Crippen molar-refractivity contribution in [1.29, 1.82) is 0 Å². The predicted molar refractivity (Wildman–Crippen MR) is 75.9 cm³/mol. The Morgan fingerprint density at radius 1 is 0.950 bits per heavy atom. The maximum atomic E-state index is 11.0. The molecule has 2 aromatic carbocycles. The van der Waals surface area contributed by atoms with Crippen molar-refractivity contribution in [3.63, 3.8) is 0 Å². The molecule has 0 N–H and O–H groups in total. The van der Waals surface area contributed by atoms with E-state index < -0.39 is 0 Å². The van der Waals surface area contributed by atoms with Crippen molar-refractivity contribution in [3.8, 4) is 0 Å². The van der Waals surface area contributed by atoms with E-state index in [1.54, 1.807) is 13.0 Å². The zero-order chi connectivity index (χ0) is 14.9. The van der Waals surface area contributed by atoms with E-state index in [1.807, 2.05) is 12.1 Å². The molecule has 0 aliphatic heterocycles. The van der Waals surface area contributed by atoms with Gasteiger partial charge in [-0.1, -0.05) is 0 Å². The Morgan fingerprint density at radius 3 is 2.10 bits per heavy atom. The minimum atomic E-state index is -0.387. The summed E-state index contributed by atoms with van der Waals surface area (Å²) in [6, 6.07) is 9.98. The third-order valence-electron chi connectivity index (χ3n) is 3.15. The summed E-state index contributed by atoms with van der Waals surface area (Å²) >= 11 is -0.387. The van der Waals surface area contributed by atoms with E-state index in [1.165, 1.54) is 20.3 Å². The molecule has 0 aliphatic carbocycles. The average Bonchev–Trinajstić information content (AvgIpc) is 2.35. The van der Waals surface area contributed by atoms with Gasteiger partial charge in [0.05, 0.1) is 0 Å². The van der Waals surface area contributed by atoms with E-state index in [4.69, 9.17) is 0 Å². The molecule has 0 aromatic heterocycles. The van der Waals surface area contributed by atoms with Crippen LogP contribution in [0.4, 0.5) is 5.69 Å². The monoisotopic (exact) mass is 382 g/mol. The second kappa shape index (κ2) is 5.91. The van der Waals surface area contributed by atoms with Crippen molar-refractivity contribution in [2.45, 2.75) is 27.7 Å². The summed E-state index contributed by atoms with van der Waals surface area (Å²) < 4.78 is 2.46. The topological polar surface area (TPSA) is 43.1 Å². The number of benzene rings is 2. The van der Waals surface area contributed by atoms with Crippen LogP contribution in [0.5, 0.6) is 0 Å². The van der Waals surface area contributed by atoms with Crippen LogP contribution >= 0.6 is 0 Å². The first-order chi connectivity index (χ1) is 9.38.